The molecule has 1 amide bonds. The van der Waals surface area contributed by atoms with Gasteiger partial charge in [0.25, 0.3) is 0 Å². The van der Waals surface area contributed by atoms with Crippen molar-refractivity contribution in [3.63, 3.8) is 0 Å². The van der Waals surface area contributed by atoms with Crippen molar-refractivity contribution in [1.82, 2.24) is 0 Å². The van der Waals surface area contributed by atoms with Gasteiger partial charge in [0, 0.05) is 18.3 Å². The van der Waals surface area contributed by atoms with Gasteiger partial charge < -0.3 is 0 Å². The number of carbonyl (C=O) groups excluding carboxylic acids is 2. The molecule has 29 heavy (non-hydrogen) atoms. The van der Waals surface area contributed by atoms with Crippen LogP contribution in [-0.4, -0.2) is 24.7 Å². The standard InChI is InChI=1S/C22H29NO5S/c1-3-4-21(25)23(29(26,27)28)15-6-8-16-14(13-15)5-7-18-17(16)11-12-22(2)19(18)9-10-20(22)24/h6,8,13,17-19H,3-5,7,9-12H2,1-2H3,(H,26,27,28)/t17?,18?,19?,22-/m0/s1. The van der Waals surface area contributed by atoms with E-state index >= 15 is 0 Å². The number of Topliss-reactive ketones (excluding diaryl/α,β-unsaturated/α-hetero) is 1. The van der Waals surface area contributed by atoms with Crippen LogP contribution in [-0.2, 0) is 26.3 Å². The van der Waals surface area contributed by atoms with E-state index in [0.29, 0.717) is 40.7 Å². The highest BCUT2D eigenvalue weighted by Crippen LogP contribution is 2.59. The van der Waals surface area contributed by atoms with Crippen LogP contribution in [0.1, 0.15) is 75.8 Å². The Labute approximate surface area is 172 Å². The van der Waals surface area contributed by atoms with Gasteiger partial charge in [0.1, 0.15) is 5.78 Å². The summed E-state index contributed by atoms with van der Waals surface area (Å²) < 4.78 is 33.9. The molecule has 1 aromatic carbocycles. The summed E-state index contributed by atoms with van der Waals surface area (Å²) in [6, 6.07) is 5.31. The molecule has 0 radical (unpaired) electrons. The van der Waals surface area contributed by atoms with Gasteiger partial charge in [-0.05, 0) is 79.5 Å². The lowest BCUT2D eigenvalue weighted by atomic mass is 9.55. The lowest BCUT2D eigenvalue weighted by Crippen LogP contribution is -2.42. The molecule has 7 heteroatoms. The molecule has 4 rings (SSSR count). The number of carbonyl (C=O) groups is 2. The van der Waals surface area contributed by atoms with Crippen LogP contribution in [0, 0.1) is 17.3 Å². The van der Waals surface area contributed by atoms with Gasteiger partial charge in [-0.1, -0.05) is 19.9 Å². The van der Waals surface area contributed by atoms with Crippen LogP contribution in [0.15, 0.2) is 18.2 Å². The molecule has 2 fully saturated rings. The molecule has 0 aliphatic heterocycles. The second-order valence-corrected chi connectivity index (χ2v) is 10.4. The van der Waals surface area contributed by atoms with Crippen molar-refractivity contribution in [3.05, 3.63) is 29.3 Å². The second-order valence-electron chi connectivity index (χ2n) is 9.10. The zero-order valence-corrected chi connectivity index (χ0v) is 17.9. The minimum absolute atomic E-state index is 0.0515. The van der Waals surface area contributed by atoms with Crippen LogP contribution in [0.5, 0.6) is 0 Å². The number of rotatable bonds is 4. The number of fused-ring (bicyclic) bond motifs is 5. The molecule has 0 bridgehead atoms. The van der Waals surface area contributed by atoms with Crippen molar-refractivity contribution in [2.24, 2.45) is 17.3 Å². The van der Waals surface area contributed by atoms with E-state index in [1.807, 2.05) is 6.07 Å². The summed E-state index contributed by atoms with van der Waals surface area (Å²) in [5.74, 6) is 1.09. The van der Waals surface area contributed by atoms with Crippen LogP contribution in [0.3, 0.4) is 0 Å². The zero-order valence-electron chi connectivity index (χ0n) is 17.1. The maximum Gasteiger partial charge on any atom is 0.366 e. The van der Waals surface area contributed by atoms with Crippen molar-refractivity contribution in [2.75, 3.05) is 4.31 Å². The predicted octanol–water partition coefficient (Wildman–Crippen LogP) is 4.05. The Morgan fingerprint density at radius 1 is 1.24 bits per heavy atom. The summed E-state index contributed by atoms with van der Waals surface area (Å²) >= 11 is 0. The van der Waals surface area contributed by atoms with Gasteiger partial charge in [-0.15, -0.1) is 0 Å². The van der Waals surface area contributed by atoms with E-state index in [9.17, 15) is 22.6 Å². The summed E-state index contributed by atoms with van der Waals surface area (Å²) in [5.41, 5.74) is 2.30. The van der Waals surface area contributed by atoms with Crippen LogP contribution < -0.4 is 4.31 Å². The molecule has 6 nitrogen and oxygen atoms in total. The monoisotopic (exact) mass is 419 g/mol. The lowest BCUT2D eigenvalue weighted by Gasteiger charge is -2.48. The molecule has 0 aromatic heterocycles. The SMILES string of the molecule is CCCC(=O)N(c1ccc2c(c1)CCC1C2CC[C@]2(C)C(=O)CCC12)S(=O)(=O)O. The number of benzene rings is 1. The van der Waals surface area contributed by atoms with E-state index in [0.717, 1.165) is 37.7 Å². The van der Waals surface area contributed by atoms with E-state index in [4.69, 9.17) is 0 Å². The van der Waals surface area contributed by atoms with Gasteiger partial charge >= 0.3 is 10.3 Å². The highest BCUT2D eigenvalue weighted by atomic mass is 32.2. The summed E-state index contributed by atoms with van der Waals surface area (Å²) in [6.45, 7) is 3.93. The largest absolute Gasteiger partial charge is 0.366 e. The van der Waals surface area contributed by atoms with Crippen molar-refractivity contribution >= 4 is 27.7 Å². The topological polar surface area (TPSA) is 91.8 Å². The predicted molar refractivity (Wildman–Crippen MR) is 110 cm³/mol. The average Bonchev–Trinajstić information content (AvgIpc) is 2.95. The molecule has 3 aliphatic rings. The molecule has 158 valence electrons. The second kappa shape index (κ2) is 7.20. The normalized spacial score (nSPS) is 31.0. The first kappa shape index (κ1) is 20.5. The number of ketones is 1. The maximum absolute atomic E-state index is 12.5. The number of hydrogen-bond acceptors (Lipinski definition) is 4. The van der Waals surface area contributed by atoms with Crippen molar-refractivity contribution in [3.8, 4) is 0 Å². The third-order valence-electron chi connectivity index (χ3n) is 7.57. The summed E-state index contributed by atoms with van der Waals surface area (Å²) in [7, 11) is -4.67. The number of hydrogen-bond donors (Lipinski definition) is 1. The van der Waals surface area contributed by atoms with E-state index in [1.54, 1.807) is 19.1 Å². The van der Waals surface area contributed by atoms with Crippen molar-refractivity contribution in [1.29, 1.82) is 0 Å². The van der Waals surface area contributed by atoms with Gasteiger partial charge in [0.15, 0.2) is 0 Å². The Balaban J connectivity index is 1.67. The average molecular weight is 420 g/mol. The number of amides is 1. The first-order valence-electron chi connectivity index (χ1n) is 10.6. The Bertz CT molecular complexity index is 956. The smallest absolute Gasteiger partial charge is 0.299 e. The van der Waals surface area contributed by atoms with Crippen LogP contribution >= 0.6 is 0 Å². The minimum Gasteiger partial charge on any atom is -0.299 e. The van der Waals surface area contributed by atoms with Gasteiger partial charge in [0.2, 0.25) is 5.91 Å². The molecule has 0 saturated heterocycles. The van der Waals surface area contributed by atoms with Gasteiger partial charge in [-0.25, -0.2) is 0 Å². The highest BCUT2D eigenvalue weighted by molar-refractivity contribution is 7.88. The Kier molecular flexibility index (Phi) is 5.10. The molecule has 1 aromatic rings. The molecule has 3 unspecified atom stereocenters. The highest BCUT2D eigenvalue weighted by Gasteiger charge is 2.54. The quantitative estimate of drug-likeness (QED) is 0.744. The third-order valence-corrected chi connectivity index (χ3v) is 8.45. The zero-order chi connectivity index (χ0) is 21.0. The molecule has 2 saturated carbocycles. The first-order chi connectivity index (χ1) is 13.7. The summed E-state index contributed by atoms with van der Waals surface area (Å²) in [6.07, 6.45) is 5.87. The molecule has 0 spiro atoms. The van der Waals surface area contributed by atoms with Gasteiger partial charge in [0.05, 0.1) is 5.69 Å². The Hall–Kier alpha value is -1.73. The number of aryl methyl sites for hydroxylation is 1. The molecular formula is C22H29NO5S. The van der Waals surface area contributed by atoms with Crippen LogP contribution in [0.25, 0.3) is 0 Å². The van der Waals surface area contributed by atoms with Crippen LogP contribution in [0.2, 0.25) is 0 Å². The lowest BCUT2D eigenvalue weighted by molar-refractivity contribution is -0.129. The van der Waals surface area contributed by atoms with Crippen molar-refractivity contribution in [2.45, 2.75) is 71.1 Å². The fourth-order valence-corrected chi connectivity index (χ4v) is 6.92. The number of anilines is 1. The Morgan fingerprint density at radius 2 is 2.00 bits per heavy atom. The first-order valence-corrected chi connectivity index (χ1v) is 12.0. The summed E-state index contributed by atoms with van der Waals surface area (Å²) in [5, 5.41) is 0. The van der Waals surface area contributed by atoms with Gasteiger partial charge in [-0.2, -0.15) is 12.7 Å². The summed E-state index contributed by atoms with van der Waals surface area (Å²) in [4.78, 5) is 24.8. The van der Waals surface area contributed by atoms with Crippen molar-refractivity contribution < 1.29 is 22.6 Å². The maximum atomic E-state index is 12.5. The van der Waals surface area contributed by atoms with Crippen LogP contribution in [0.4, 0.5) is 5.69 Å². The Morgan fingerprint density at radius 3 is 2.69 bits per heavy atom. The number of nitrogens with zero attached hydrogens (tertiary/aromatic N) is 1. The molecule has 0 heterocycles. The fourth-order valence-electron chi connectivity index (χ4n) is 6.19. The fraction of sp³-hybridized carbons (Fsp3) is 0.636. The molecule has 4 atom stereocenters. The van der Waals surface area contributed by atoms with E-state index in [2.05, 4.69) is 6.92 Å². The third kappa shape index (κ3) is 3.32. The molecule has 3 aliphatic carbocycles. The van der Waals surface area contributed by atoms with E-state index < -0.39 is 16.2 Å². The van der Waals surface area contributed by atoms with E-state index in [-0.39, 0.29) is 17.5 Å². The molecule has 1 N–H and O–H groups in total. The van der Waals surface area contributed by atoms with E-state index in [1.165, 1.54) is 5.56 Å². The van der Waals surface area contributed by atoms with Gasteiger partial charge in [-0.3, -0.25) is 14.1 Å². The molecular weight excluding hydrogens is 390 g/mol. The minimum atomic E-state index is -4.67.